The first-order valence-electron chi connectivity index (χ1n) is 13.1. The molecular formula is C30H25F6IN6O2. The molecule has 4 heterocycles. The molecule has 0 saturated heterocycles. The van der Waals surface area contributed by atoms with E-state index in [9.17, 15) is 26.3 Å². The molecule has 0 atom stereocenters. The van der Waals surface area contributed by atoms with Gasteiger partial charge in [-0.1, -0.05) is 64.8 Å². The number of aromatic nitrogens is 6. The summed E-state index contributed by atoms with van der Waals surface area (Å²) < 4.78 is 77.3. The van der Waals surface area contributed by atoms with E-state index in [0.29, 0.717) is 5.65 Å². The summed E-state index contributed by atoms with van der Waals surface area (Å²) >= 11 is 2.18. The normalized spacial score (nSPS) is 11.5. The van der Waals surface area contributed by atoms with Crippen LogP contribution in [0.5, 0.6) is 6.01 Å². The van der Waals surface area contributed by atoms with Crippen LogP contribution in [0.2, 0.25) is 0 Å². The van der Waals surface area contributed by atoms with Crippen molar-refractivity contribution in [2.75, 3.05) is 13.2 Å². The van der Waals surface area contributed by atoms with Crippen LogP contribution in [0.1, 0.15) is 11.1 Å². The summed E-state index contributed by atoms with van der Waals surface area (Å²) in [6.07, 6.45) is -5.09. The number of ether oxygens (including phenoxy) is 1. The van der Waals surface area contributed by atoms with Gasteiger partial charge in [0.25, 0.3) is 0 Å². The highest BCUT2D eigenvalue weighted by atomic mass is 127. The number of nitrogens with zero attached hydrogens (tertiary/aromatic N) is 6. The van der Waals surface area contributed by atoms with Gasteiger partial charge in [-0.2, -0.15) is 26.3 Å². The topological polar surface area (TPSA) is 89.8 Å². The number of hydrogen-bond donors (Lipinski definition) is 1. The Labute approximate surface area is 266 Å². The van der Waals surface area contributed by atoms with Crippen molar-refractivity contribution in [3.05, 3.63) is 100 Å². The van der Waals surface area contributed by atoms with Crippen LogP contribution in [0.15, 0.2) is 85.2 Å². The van der Waals surface area contributed by atoms with Gasteiger partial charge in [0.1, 0.15) is 6.61 Å². The highest BCUT2D eigenvalue weighted by Crippen LogP contribution is 2.24. The summed E-state index contributed by atoms with van der Waals surface area (Å²) in [6.45, 7) is 0.946. The molecule has 15 heteroatoms. The first-order chi connectivity index (χ1) is 21.2. The zero-order chi connectivity index (χ0) is 32.8. The predicted molar refractivity (Wildman–Crippen MR) is 164 cm³/mol. The molecule has 0 aliphatic rings. The molecule has 0 spiro atoms. The number of halogens is 7. The number of aryl methyl sites for hydroxylation is 2. The Morgan fingerprint density at radius 1 is 0.622 bits per heavy atom. The number of benzene rings is 2. The number of aliphatic hydroxyl groups is 1. The third kappa shape index (κ3) is 9.62. The average Bonchev–Trinajstić information content (AvgIpc) is 3.59. The molecular weight excluding hydrogens is 717 g/mol. The monoisotopic (exact) mass is 742 g/mol. The van der Waals surface area contributed by atoms with Crippen molar-refractivity contribution in [2.24, 2.45) is 0 Å². The molecule has 6 rings (SSSR count). The van der Waals surface area contributed by atoms with Crippen LogP contribution in [-0.2, 0) is 0 Å². The zero-order valence-electron chi connectivity index (χ0n) is 23.7. The molecule has 0 bridgehead atoms. The van der Waals surface area contributed by atoms with Gasteiger partial charge in [-0.25, -0.2) is 0 Å². The number of rotatable bonds is 4. The van der Waals surface area contributed by atoms with E-state index < -0.39 is 25.6 Å². The van der Waals surface area contributed by atoms with Gasteiger partial charge in [-0.15, -0.1) is 15.3 Å². The van der Waals surface area contributed by atoms with Crippen molar-refractivity contribution in [3.63, 3.8) is 0 Å². The summed E-state index contributed by atoms with van der Waals surface area (Å²) in [5, 5.41) is 22.8. The zero-order valence-corrected chi connectivity index (χ0v) is 25.8. The molecule has 45 heavy (non-hydrogen) atoms. The van der Waals surface area contributed by atoms with Crippen LogP contribution in [-0.4, -0.2) is 59.9 Å². The first-order valence-corrected chi connectivity index (χ1v) is 14.2. The minimum atomic E-state index is -4.42. The highest BCUT2D eigenvalue weighted by Gasteiger charge is 2.29. The summed E-state index contributed by atoms with van der Waals surface area (Å²) in [7, 11) is 0. The quantitative estimate of drug-likeness (QED) is 0.149. The molecule has 6 aromatic rings. The maximum Gasteiger partial charge on any atom is 0.422 e. The standard InChI is InChI=1S/C15H12F3N3O.C13H10IN3.C2H3F3O/c1-10-2-4-11(5-3-10)12-6-7-13-19-20-14(21(13)8-12)22-9-15(16,17)18;1-9-2-4-10(5-3-9)11-6-7-12-15-16-13(14)17(12)8-11;3-2(4,5)1-6/h2-8H,9H2,1H3;2-8H,1H3;6H,1H2. The molecule has 0 amide bonds. The van der Waals surface area contributed by atoms with E-state index in [1.807, 2.05) is 47.7 Å². The van der Waals surface area contributed by atoms with E-state index in [2.05, 4.69) is 86.4 Å². The van der Waals surface area contributed by atoms with Crippen LogP contribution in [0.3, 0.4) is 0 Å². The Morgan fingerprint density at radius 3 is 1.51 bits per heavy atom. The number of fused-ring (bicyclic) bond motifs is 2. The van der Waals surface area contributed by atoms with Gasteiger partial charge in [0, 0.05) is 35.0 Å². The van der Waals surface area contributed by atoms with Gasteiger partial charge in [0.15, 0.2) is 21.7 Å². The number of pyridine rings is 2. The van der Waals surface area contributed by atoms with Crippen LogP contribution >= 0.6 is 22.6 Å². The fourth-order valence-corrected chi connectivity index (χ4v) is 4.31. The summed E-state index contributed by atoms with van der Waals surface area (Å²) in [5.41, 5.74) is 7.87. The van der Waals surface area contributed by atoms with Crippen LogP contribution in [0, 0.1) is 17.7 Å². The molecule has 0 radical (unpaired) electrons. The van der Waals surface area contributed by atoms with Gasteiger partial charge >= 0.3 is 18.4 Å². The lowest BCUT2D eigenvalue weighted by molar-refractivity contribution is -0.159. The molecule has 236 valence electrons. The Bertz CT molecular complexity index is 1850. The molecule has 4 aromatic heterocycles. The Hall–Kier alpha value is -4.25. The molecule has 0 saturated carbocycles. The summed E-state index contributed by atoms with van der Waals surface area (Å²) in [6, 6.07) is 23.7. The van der Waals surface area contributed by atoms with E-state index in [0.717, 1.165) is 26.2 Å². The molecule has 8 nitrogen and oxygen atoms in total. The van der Waals surface area contributed by atoms with Crippen molar-refractivity contribution in [1.82, 2.24) is 29.2 Å². The lowest BCUT2D eigenvalue weighted by atomic mass is 10.1. The number of alkyl halides is 6. The van der Waals surface area contributed by atoms with Crippen molar-refractivity contribution in [2.45, 2.75) is 26.2 Å². The number of hydrogen-bond acceptors (Lipinski definition) is 6. The fourth-order valence-electron chi connectivity index (χ4n) is 3.81. The fraction of sp³-hybridized carbons (Fsp3) is 0.200. The molecule has 2 aromatic carbocycles. The van der Waals surface area contributed by atoms with E-state index >= 15 is 0 Å². The molecule has 0 unspecified atom stereocenters. The van der Waals surface area contributed by atoms with E-state index in [1.165, 1.54) is 21.1 Å². The van der Waals surface area contributed by atoms with Gasteiger partial charge in [-0.05, 0) is 60.4 Å². The van der Waals surface area contributed by atoms with Crippen LogP contribution < -0.4 is 4.74 Å². The Balaban J connectivity index is 0.000000178. The minimum absolute atomic E-state index is 0.179. The van der Waals surface area contributed by atoms with Crippen LogP contribution in [0.25, 0.3) is 33.5 Å². The third-order valence-electron chi connectivity index (χ3n) is 6.05. The molecule has 0 fully saturated rings. The van der Waals surface area contributed by atoms with Crippen LogP contribution in [0.4, 0.5) is 26.3 Å². The van der Waals surface area contributed by atoms with Gasteiger partial charge in [-0.3, -0.25) is 8.80 Å². The minimum Gasteiger partial charge on any atom is -0.454 e. The molecule has 1 N–H and O–H groups in total. The van der Waals surface area contributed by atoms with Gasteiger partial charge < -0.3 is 9.84 Å². The average molecular weight is 742 g/mol. The predicted octanol–water partition coefficient (Wildman–Crippen LogP) is 7.50. The van der Waals surface area contributed by atoms with Gasteiger partial charge in [0.05, 0.1) is 0 Å². The van der Waals surface area contributed by atoms with E-state index in [-0.39, 0.29) is 6.01 Å². The highest BCUT2D eigenvalue weighted by molar-refractivity contribution is 14.1. The Morgan fingerprint density at radius 2 is 1.04 bits per heavy atom. The first kappa shape index (κ1) is 33.6. The van der Waals surface area contributed by atoms with Crippen molar-refractivity contribution < 1.29 is 36.2 Å². The second kappa shape index (κ2) is 14.2. The van der Waals surface area contributed by atoms with E-state index in [1.54, 1.807) is 12.3 Å². The lowest BCUT2D eigenvalue weighted by Crippen LogP contribution is -2.20. The molecule has 0 aliphatic carbocycles. The summed E-state index contributed by atoms with van der Waals surface area (Å²) in [5.74, 6) is 0. The largest absolute Gasteiger partial charge is 0.454 e. The lowest BCUT2D eigenvalue weighted by Gasteiger charge is -2.08. The van der Waals surface area contributed by atoms with Crippen molar-refractivity contribution in [1.29, 1.82) is 0 Å². The number of aliphatic hydroxyl groups excluding tert-OH is 1. The second-order valence-electron chi connectivity index (χ2n) is 9.65. The van der Waals surface area contributed by atoms with E-state index in [4.69, 9.17) is 9.84 Å². The smallest absolute Gasteiger partial charge is 0.422 e. The maximum absolute atomic E-state index is 12.2. The SMILES string of the molecule is Cc1ccc(-c2ccc3nnc(I)n3c2)cc1.Cc1ccc(-c2ccc3nnc(OCC(F)(F)F)n3c2)cc1.OCC(F)(F)F. The Kier molecular flexibility index (Phi) is 10.6. The van der Waals surface area contributed by atoms with Gasteiger partial charge in [0.2, 0.25) is 0 Å². The van der Waals surface area contributed by atoms with Crippen molar-refractivity contribution >= 4 is 33.9 Å². The summed E-state index contributed by atoms with van der Waals surface area (Å²) in [4.78, 5) is 0. The third-order valence-corrected chi connectivity index (χ3v) is 6.78. The maximum atomic E-state index is 12.2. The van der Waals surface area contributed by atoms with Crippen molar-refractivity contribution in [3.8, 4) is 28.3 Å². The molecule has 0 aliphatic heterocycles. The second-order valence-corrected chi connectivity index (χ2v) is 10.6.